The quantitative estimate of drug-likeness (QED) is 0.829. The lowest BCUT2D eigenvalue weighted by Crippen LogP contribution is -2.02. The van der Waals surface area contributed by atoms with Crippen molar-refractivity contribution in [2.45, 2.75) is 19.9 Å². The minimum absolute atomic E-state index is 0.402. The lowest BCUT2D eigenvalue weighted by atomic mass is 10.1. The summed E-state index contributed by atoms with van der Waals surface area (Å²) in [4.78, 5) is 4.16. The Bertz CT molecular complexity index is 503. The molecule has 0 bridgehead atoms. The molecule has 18 heavy (non-hydrogen) atoms. The van der Waals surface area contributed by atoms with E-state index in [2.05, 4.69) is 41.5 Å². The van der Waals surface area contributed by atoms with E-state index in [1.807, 2.05) is 0 Å². The van der Waals surface area contributed by atoms with Crippen LogP contribution < -0.4 is 11.1 Å². The largest absolute Gasteiger partial charge is 0.399 e. The molecule has 0 saturated heterocycles. The maximum Gasteiger partial charge on any atom is 0.133 e. The Hall–Kier alpha value is -1.74. The van der Waals surface area contributed by atoms with Crippen molar-refractivity contribution < 1.29 is 0 Å². The Morgan fingerprint density at radius 1 is 1.17 bits per heavy atom. The van der Waals surface area contributed by atoms with Crippen molar-refractivity contribution in [1.29, 1.82) is 0 Å². The van der Waals surface area contributed by atoms with Crippen molar-refractivity contribution in [3.05, 3.63) is 52.7 Å². The molecule has 0 aliphatic rings. The lowest BCUT2D eigenvalue weighted by Gasteiger charge is -2.07. The van der Waals surface area contributed by atoms with Gasteiger partial charge in [0.15, 0.2) is 0 Å². The molecule has 1 heterocycles. The normalized spacial score (nSPS) is 10.3. The Balaban J connectivity index is 2.01. The second kappa shape index (κ2) is 5.74. The highest BCUT2D eigenvalue weighted by molar-refractivity contribution is 6.29. The number of aromatic nitrogens is 1. The van der Waals surface area contributed by atoms with Crippen LogP contribution in [0.3, 0.4) is 0 Å². The molecule has 0 atom stereocenters. The summed E-state index contributed by atoms with van der Waals surface area (Å²) < 4.78 is 0. The smallest absolute Gasteiger partial charge is 0.133 e. The van der Waals surface area contributed by atoms with E-state index in [1.54, 1.807) is 12.1 Å². The zero-order valence-electron chi connectivity index (χ0n) is 10.3. The first-order valence-corrected chi connectivity index (χ1v) is 6.30. The molecule has 0 spiro atoms. The monoisotopic (exact) mass is 261 g/mol. The van der Waals surface area contributed by atoms with Gasteiger partial charge in [-0.2, -0.15) is 0 Å². The Morgan fingerprint density at radius 2 is 1.83 bits per heavy atom. The summed E-state index contributed by atoms with van der Waals surface area (Å²) >= 11 is 5.84. The Labute approximate surface area is 112 Å². The minimum atomic E-state index is 0.402. The number of nitrogens with one attached hydrogen (secondary N) is 1. The SMILES string of the molecule is CCc1ccc(CNc2cc(N)cc(Cl)n2)cc1. The topological polar surface area (TPSA) is 50.9 Å². The molecule has 2 aromatic rings. The van der Waals surface area contributed by atoms with Gasteiger partial charge < -0.3 is 11.1 Å². The predicted molar refractivity (Wildman–Crippen MR) is 76.8 cm³/mol. The number of nitrogen functional groups attached to an aromatic ring is 1. The molecule has 0 amide bonds. The van der Waals surface area contributed by atoms with Crippen LogP contribution in [0, 0.1) is 0 Å². The molecule has 3 N–H and O–H groups in total. The zero-order chi connectivity index (χ0) is 13.0. The minimum Gasteiger partial charge on any atom is -0.399 e. The van der Waals surface area contributed by atoms with Gasteiger partial charge in [-0.1, -0.05) is 42.8 Å². The van der Waals surface area contributed by atoms with Gasteiger partial charge in [0.05, 0.1) is 0 Å². The maximum absolute atomic E-state index is 5.84. The number of aryl methyl sites for hydroxylation is 1. The number of nitrogens with two attached hydrogens (primary N) is 1. The standard InChI is InChI=1S/C14H16ClN3/c1-2-10-3-5-11(6-4-10)9-17-14-8-12(16)7-13(15)18-14/h3-8H,2,9H2,1H3,(H3,16,17,18). The van der Waals surface area contributed by atoms with Gasteiger partial charge in [0, 0.05) is 18.3 Å². The van der Waals surface area contributed by atoms with Gasteiger partial charge in [0.2, 0.25) is 0 Å². The van der Waals surface area contributed by atoms with E-state index in [4.69, 9.17) is 17.3 Å². The predicted octanol–water partition coefficient (Wildman–Crippen LogP) is 3.49. The molecule has 1 aromatic carbocycles. The molecule has 1 aromatic heterocycles. The van der Waals surface area contributed by atoms with Gasteiger partial charge in [-0.25, -0.2) is 4.98 Å². The van der Waals surface area contributed by atoms with Crippen LogP contribution >= 0.6 is 11.6 Å². The summed E-state index contributed by atoms with van der Waals surface area (Å²) in [6.45, 7) is 2.85. The fraction of sp³-hybridized carbons (Fsp3) is 0.214. The van der Waals surface area contributed by atoms with Gasteiger partial charge >= 0.3 is 0 Å². The van der Waals surface area contributed by atoms with Crippen LogP contribution in [0.15, 0.2) is 36.4 Å². The van der Waals surface area contributed by atoms with Gasteiger partial charge in [0.1, 0.15) is 11.0 Å². The molecule has 0 radical (unpaired) electrons. The van der Waals surface area contributed by atoms with Crippen molar-refractivity contribution in [3.63, 3.8) is 0 Å². The van der Waals surface area contributed by atoms with Gasteiger partial charge in [-0.3, -0.25) is 0 Å². The van der Waals surface area contributed by atoms with E-state index in [9.17, 15) is 0 Å². The fourth-order valence-electron chi connectivity index (χ4n) is 1.69. The molecule has 0 aliphatic heterocycles. The Kier molecular flexibility index (Phi) is 4.05. The highest BCUT2D eigenvalue weighted by Crippen LogP contribution is 2.16. The molecular formula is C14H16ClN3. The number of pyridine rings is 1. The Morgan fingerprint density at radius 3 is 2.44 bits per heavy atom. The second-order valence-electron chi connectivity index (χ2n) is 4.13. The van der Waals surface area contributed by atoms with Crippen LogP contribution in [0.2, 0.25) is 5.15 Å². The molecule has 2 rings (SSSR count). The van der Waals surface area contributed by atoms with Gasteiger partial charge in [-0.15, -0.1) is 0 Å². The average molecular weight is 262 g/mol. The lowest BCUT2D eigenvalue weighted by molar-refractivity contribution is 1.09. The zero-order valence-corrected chi connectivity index (χ0v) is 11.0. The number of hydrogen-bond donors (Lipinski definition) is 2. The highest BCUT2D eigenvalue weighted by Gasteiger charge is 1.99. The summed E-state index contributed by atoms with van der Waals surface area (Å²) in [5.74, 6) is 0.694. The third kappa shape index (κ3) is 3.37. The van der Waals surface area contributed by atoms with Crippen molar-refractivity contribution in [2.24, 2.45) is 0 Å². The fourth-order valence-corrected chi connectivity index (χ4v) is 1.91. The number of hydrogen-bond acceptors (Lipinski definition) is 3. The van der Waals surface area contributed by atoms with Crippen molar-refractivity contribution in [3.8, 4) is 0 Å². The molecule has 0 fully saturated rings. The summed E-state index contributed by atoms with van der Waals surface area (Å²) in [7, 11) is 0. The molecule has 0 aliphatic carbocycles. The third-order valence-corrected chi connectivity index (χ3v) is 2.91. The van der Waals surface area contributed by atoms with E-state index in [0.717, 1.165) is 6.42 Å². The van der Waals surface area contributed by atoms with Gasteiger partial charge in [-0.05, 0) is 23.6 Å². The molecule has 4 heteroatoms. The molecule has 3 nitrogen and oxygen atoms in total. The van der Waals surface area contributed by atoms with Crippen molar-refractivity contribution in [2.75, 3.05) is 11.1 Å². The summed E-state index contributed by atoms with van der Waals surface area (Å²) in [5.41, 5.74) is 8.85. The molecular weight excluding hydrogens is 246 g/mol. The van der Waals surface area contributed by atoms with E-state index in [1.165, 1.54) is 11.1 Å². The first-order valence-electron chi connectivity index (χ1n) is 5.92. The van der Waals surface area contributed by atoms with Crippen molar-refractivity contribution in [1.82, 2.24) is 4.98 Å². The molecule has 94 valence electrons. The number of halogens is 1. The van der Waals surface area contributed by atoms with Crippen LogP contribution in [0.5, 0.6) is 0 Å². The van der Waals surface area contributed by atoms with E-state index in [0.29, 0.717) is 23.2 Å². The number of benzene rings is 1. The van der Waals surface area contributed by atoms with Crippen LogP contribution in [0.4, 0.5) is 11.5 Å². The maximum atomic E-state index is 5.84. The van der Waals surface area contributed by atoms with E-state index >= 15 is 0 Å². The van der Waals surface area contributed by atoms with Crippen molar-refractivity contribution >= 4 is 23.1 Å². The van der Waals surface area contributed by atoms with Gasteiger partial charge in [0.25, 0.3) is 0 Å². The average Bonchev–Trinajstić information content (AvgIpc) is 2.36. The first-order chi connectivity index (χ1) is 8.67. The van der Waals surface area contributed by atoms with Crippen LogP contribution in [0.1, 0.15) is 18.1 Å². The van der Waals surface area contributed by atoms with Crippen LogP contribution in [-0.2, 0) is 13.0 Å². The van der Waals surface area contributed by atoms with E-state index < -0.39 is 0 Å². The number of nitrogens with zero attached hydrogens (tertiary/aromatic N) is 1. The summed E-state index contributed by atoms with van der Waals surface area (Å²) in [6, 6.07) is 11.9. The number of anilines is 2. The summed E-state index contributed by atoms with van der Waals surface area (Å²) in [6.07, 6.45) is 1.06. The first kappa shape index (κ1) is 12.7. The molecule has 0 unspecified atom stereocenters. The summed E-state index contributed by atoms with van der Waals surface area (Å²) in [5, 5.41) is 3.61. The highest BCUT2D eigenvalue weighted by atomic mass is 35.5. The number of rotatable bonds is 4. The third-order valence-electron chi connectivity index (χ3n) is 2.72. The van der Waals surface area contributed by atoms with Crippen LogP contribution in [-0.4, -0.2) is 4.98 Å². The molecule has 0 saturated carbocycles. The second-order valence-corrected chi connectivity index (χ2v) is 4.52. The van der Waals surface area contributed by atoms with E-state index in [-0.39, 0.29) is 0 Å². The van der Waals surface area contributed by atoms with Crippen LogP contribution in [0.25, 0.3) is 0 Å².